The predicted octanol–water partition coefficient (Wildman–Crippen LogP) is 7.12. The van der Waals surface area contributed by atoms with Crippen molar-refractivity contribution in [2.75, 3.05) is 20.0 Å². The molecule has 194 valence electrons. The van der Waals surface area contributed by atoms with Crippen molar-refractivity contribution in [3.63, 3.8) is 0 Å². The molecular weight excluding hydrogens is 459 g/mol. The summed E-state index contributed by atoms with van der Waals surface area (Å²) in [6, 6.07) is 12.9. The first-order valence-electron chi connectivity index (χ1n) is 12.6. The van der Waals surface area contributed by atoms with E-state index in [1.807, 2.05) is 12.1 Å². The van der Waals surface area contributed by atoms with Crippen LogP contribution in [0.4, 0.5) is 4.39 Å². The lowest BCUT2D eigenvalue weighted by Crippen LogP contribution is -2.20. The third-order valence-corrected chi connectivity index (χ3v) is 6.37. The van der Waals surface area contributed by atoms with E-state index in [4.69, 9.17) is 18.9 Å². The van der Waals surface area contributed by atoms with Gasteiger partial charge in [0.25, 0.3) is 0 Å². The summed E-state index contributed by atoms with van der Waals surface area (Å²) in [5.41, 5.74) is 2.21. The van der Waals surface area contributed by atoms with Crippen LogP contribution in [0.15, 0.2) is 67.0 Å². The number of carbonyl (C=O) groups excluding carboxylic acids is 1. The Morgan fingerprint density at radius 1 is 1.00 bits per heavy atom. The van der Waals surface area contributed by atoms with E-state index in [0.29, 0.717) is 30.5 Å². The minimum absolute atomic E-state index is 0.169. The third kappa shape index (κ3) is 8.83. The molecule has 2 aromatic rings. The summed E-state index contributed by atoms with van der Waals surface area (Å²) in [4.78, 5) is 11.7. The van der Waals surface area contributed by atoms with Gasteiger partial charge in [-0.05, 0) is 93.5 Å². The lowest BCUT2D eigenvalue weighted by Gasteiger charge is -2.29. The van der Waals surface area contributed by atoms with Crippen LogP contribution >= 0.6 is 0 Å². The lowest BCUT2D eigenvalue weighted by molar-refractivity contribution is -0.130. The van der Waals surface area contributed by atoms with Crippen molar-refractivity contribution in [2.24, 2.45) is 5.92 Å². The molecule has 3 rings (SSSR count). The topological polar surface area (TPSA) is 54.0 Å². The fourth-order valence-electron chi connectivity index (χ4n) is 4.28. The molecule has 6 heteroatoms. The van der Waals surface area contributed by atoms with Gasteiger partial charge in [-0.1, -0.05) is 31.4 Å². The number of rotatable bonds is 13. The molecule has 0 heterocycles. The predicted molar refractivity (Wildman–Crippen MR) is 139 cm³/mol. The Labute approximate surface area is 213 Å². The van der Waals surface area contributed by atoms with Crippen LogP contribution in [0.25, 0.3) is 0 Å². The summed E-state index contributed by atoms with van der Waals surface area (Å²) in [5, 5.41) is 0. The van der Waals surface area contributed by atoms with Crippen molar-refractivity contribution in [3.05, 3.63) is 83.9 Å². The number of halogens is 1. The highest BCUT2D eigenvalue weighted by atomic mass is 19.1. The van der Waals surface area contributed by atoms with E-state index < -0.39 is 5.97 Å². The second kappa shape index (κ2) is 13.8. The van der Waals surface area contributed by atoms with Crippen molar-refractivity contribution in [2.45, 2.75) is 58.3 Å². The maximum atomic E-state index is 14.7. The van der Waals surface area contributed by atoms with E-state index in [0.717, 1.165) is 44.3 Å². The lowest BCUT2D eigenvalue weighted by atomic mass is 9.79. The molecule has 0 atom stereocenters. The number of hydrogen-bond acceptors (Lipinski definition) is 5. The van der Waals surface area contributed by atoms with E-state index in [2.05, 4.69) is 25.3 Å². The molecule has 0 radical (unpaired) electrons. The summed E-state index contributed by atoms with van der Waals surface area (Å²) < 4.78 is 36.5. The number of benzene rings is 2. The van der Waals surface area contributed by atoms with Crippen LogP contribution in [0.2, 0.25) is 0 Å². The van der Waals surface area contributed by atoms with Crippen LogP contribution in [0.1, 0.15) is 63.0 Å². The van der Waals surface area contributed by atoms with Crippen molar-refractivity contribution in [3.8, 4) is 11.5 Å². The van der Waals surface area contributed by atoms with E-state index in [1.165, 1.54) is 11.6 Å². The fourth-order valence-corrected chi connectivity index (χ4v) is 4.28. The number of ether oxygens (including phenoxy) is 4. The van der Waals surface area contributed by atoms with Gasteiger partial charge in [-0.25, -0.2) is 9.18 Å². The Balaban J connectivity index is 1.37. The molecule has 1 aliphatic rings. The largest absolute Gasteiger partial charge is 0.493 e. The summed E-state index contributed by atoms with van der Waals surface area (Å²) in [6.45, 7) is 12.1. The maximum Gasteiger partial charge on any atom is 0.338 e. The molecule has 1 aliphatic carbocycles. The molecule has 0 saturated heterocycles. The quantitative estimate of drug-likeness (QED) is 0.0738. The van der Waals surface area contributed by atoms with E-state index >= 15 is 0 Å². The van der Waals surface area contributed by atoms with Gasteiger partial charge >= 0.3 is 5.97 Å². The highest BCUT2D eigenvalue weighted by Crippen LogP contribution is 2.38. The van der Waals surface area contributed by atoms with Gasteiger partial charge < -0.3 is 18.9 Å². The second-order valence-corrected chi connectivity index (χ2v) is 9.50. The molecule has 2 aromatic carbocycles. The van der Waals surface area contributed by atoms with Gasteiger partial charge in [0.2, 0.25) is 0 Å². The van der Waals surface area contributed by atoms with Gasteiger partial charge in [-0.3, -0.25) is 0 Å². The maximum absolute atomic E-state index is 14.7. The van der Waals surface area contributed by atoms with Crippen LogP contribution in [0.5, 0.6) is 11.5 Å². The first kappa shape index (κ1) is 27.5. The van der Waals surface area contributed by atoms with Crippen LogP contribution < -0.4 is 9.47 Å². The minimum atomic E-state index is -0.549. The number of allylic oxidation sites excluding steroid dienone is 1. The van der Waals surface area contributed by atoms with Crippen LogP contribution in [0, 0.1) is 11.7 Å². The van der Waals surface area contributed by atoms with Crippen LogP contribution in [-0.4, -0.2) is 26.0 Å². The molecular formula is C30H37FO5. The van der Waals surface area contributed by atoms with Gasteiger partial charge in [0.15, 0.2) is 6.79 Å². The summed E-state index contributed by atoms with van der Waals surface area (Å²) in [5.74, 6) is 1.49. The molecule has 0 amide bonds. The van der Waals surface area contributed by atoms with E-state index in [-0.39, 0.29) is 29.9 Å². The minimum Gasteiger partial charge on any atom is -0.493 e. The molecule has 1 fully saturated rings. The van der Waals surface area contributed by atoms with Crippen LogP contribution in [0.3, 0.4) is 0 Å². The summed E-state index contributed by atoms with van der Waals surface area (Å²) in [6.07, 6.45) is 5.66. The Hall–Kier alpha value is -3.12. The summed E-state index contributed by atoms with van der Waals surface area (Å²) in [7, 11) is 0. The molecule has 0 unspecified atom stereocenters. The van der Waals surface area contributed by atoms with Gasteiger partial charge in [0, 0.05) is 11.6 Å². The Kier molecular flexibility index (Phi) is 10.6. The Morgan fingerprint density at radius 2 is 1.69 bits per heavy atom. The molecule has 0 N–H and O–H groups in total. The zero-order valence-electron chi connectivity index (χ0n) is 21.4. The molecule has 0 aromatic heterocycles. The van der Waals surface area contributed by atoms with Crippen molar-refractivity contribution >= 4 is 5.97 Å². The number of aryl methyl sites for hydroxylation is 1. The van der Waals surface area contributed by atoms with E-state index in [9.17, 15) is 9.18 Å². The first-order chi connectivity index (χ1) is 17.3. The average molecular weight is 497 g/mol. The van der Waals surface area contributed by atoms with Gasteiger partial charge in [0.05, 0.1) is 19.0 Å². The monoisotopic (exact) mass is 496 g/mol. The first-order valence-corrected chi connectivity index (χ1v) is 12.6. The van der Waals surface area contributed by atoms with Crippen molar-refractivity contribution in [1.29, 1.82) is 0 Å². The summed E-state index contributed by atoms with van der Waals surface area (Å²) >= 11 is 0. The van der Waals surface area contributed by atoms with Crippen molar-refractivity contribution in [1.82, 2.24) is 0 Å². The number of hydrogen-bond donors (Lipinski definition) is 0. The third-order valence-electron chi connectivity index (χ3n) is 6.37. The van der Waals surface area contributed by atoms with Crippen molar-refractivity contribution < 1.29 is 28.1 Å². The highest BCUT2D eigenvalue weighted by Gasteiger charge is 2.25. The SMILES string of the molecule is C=C(C)OCOCCCc1ccc(OCC2CCC(c3ccc(OC(=O)C(=C)C)cc3F)CC2)cc1. The Morgan fingerprint density at radius 3 is 2.33 bits per heavy atom. The van der Waals surface area contributed by atoms with E-state index in [1.54, 1.807) is 26.0 Å². The van der Waals surface area contributed by atoms with Gasteiger partial charge in [-0.15, -0.1) is 0 Å². The fraction of sp³-hybridized carbons (Fsp3) is 0.433. The standard InChI is InChI=1S/C30H37FO5/c1-21(2)30(32)36-27-15-16-28(29(31)18-27)25-11-7-24(8-12-25)19-34-26-13-9-23(10-14-26)6-5-17-33-20-35-22(3)4/h9-10,13-16,18,24-25H,1,3,5-8,11-12,17,19-20H2,2,4H3. The molecule has 0 spiro atoms. The molecule has 5 nitrogen and oxygen atoms in total. The zero-order valence-corrected chi connectivity index (χ0v) is 21.4. The smallest absolute Gasteiger partial charge is 0.338 e. The Bertz CT molecular complexity index is 1020. The molecule has 0 aliphatic heterocycles. The average Bonchev–Trinajstić information content (AvgIpc) is 2.86. The number of esters is 1. The normalized spacial score (nSPS) is 17.3. The molecule has 36 heavy (non-hydrogen) atoms. The molecule has 1 saturated carbocycles. The highest BCUT2D eigenvalue weighted by molar-refractivity contribution is 5.88. The second-order valence-electron chi connectivity index (χ2n) is 9.50. The van der Waals surface area contributed by atoms with Crippen LogP contribution in [-0.2, 0) is 20.7 Å². The number of carbonyl (C=O) groups is 1. The van der Waals surface area contributed by atoms with Gasteiger partial charge in [0.1, 0.15) is 17.3 Å². The van der Waals surface area contributed by atoms with Gasteiger partial charge in [-0.2, -0.15) is 0 Å². The molecule has 0 bridgehead atoms. The zero-order chi connectivity index (χ0) is 25.9.